The van der Waals surface area contributed by atoms with Gasteiger partial charge in [-0.1, -0.05) is 12.1 Å². The molecule has 0 aliphatic carbocycles. The Bertz CT molecular complexity index is 1210. The van der Waals surface area contributed by atoms with E-state index >= 15 is 0 Å². The Balaban J connectivity index is 1.81. The number of nitrogens with one attached hydrogen (secondary N) is 1. The number of pyridine rings is 1. The number of anilines is 1. The van der Waals surface area contributed by atoms with Crippen LogP contribution in [0.4, 0.5) is 22.7 Å². The topological polar surface area (TPSA) is 54.9 Å². The van der Waals surface area contributed by atoms with Gasteiger partial charge in [-0.3, -0.25) is 10.1 Å². The van der Waals surface area contributed by atoms with Gasteiger partial charge in [-0.05, 0) is 36.4 Å². The molecule has 0 unspecified atom stereocenters. The van der Waals surface area contributed by atoms with E-state index in [1.54, 1.807) is 5.38 Å². The molecule has 146 valence electrons. The molecule has 0 atom stereocenters. The number of fused-ring (bicyclic) bond motifs is 1. The summed E-state index contributed by atoms with van der Waals surface area (Å²) in [5.74, 6) is -1.13. The fourth-order valence-corrected chi connectivity index (χ4v) is 3.35. The number of aromatic nitrogens is 2. The van der Waals surface area contributed by atoms with Gasteiger partial charge < -0.3 is 0 Å². The second kappa shape index (κ2) is 7.25. The lowest BCUT2D eigenvalue weighted by Gasteiger charge is -2.11. The number of carbonyl (C=O) groups excluding carboxylic acids is 1. The highest BCUT2D eigenvalue weighted by atomic mass is 32.1. The van der Waals surface area contributed by atoms with Crippen LogP contribution in [0.15, 0.2) is 60.1 Å². The fraction of sp³-hybridized carbons (Fsp3) is 0.0500. The average molecular weight is 417 g/mol. The number of benzene rings is 2. The van der Waals surface area contributed by atoms with E-state index in [1.807, 2.05) is 0 Å². The number of amides is 1. The van der Waals surface area contributed by atoms with Crippen molar-refractivity contribution in [3.05, 3.63) is 77.1 Å². The molecule has 0 saturated carbocycles. The Morgan fingerprint density at radius 2 is 1.90 bits per heavy atom. The minimum atomic E-state index is -4.50. The molecule has 2 aromatic carbocycles. The minimum absolute atomic E-state index is 0.0500. The van der Waals surface area contributed by atoms with E-state index in [9.17, 15) is 22.4 Å². The zero-order valence-electron chi connectivity index (χ0n) is 14.5. The van der Waals surface area contributed by atoms with E-state index in [-0.39, 0.29) is 27.7 Å². The van der Waals surface area contributed by atoms with Crippen molar-refractivity contribution in [3.63, 3.8) is 0 Å². The first-order valence-corrected chi connectivity index (χ1v) is 9.18. The highest BCUT2D eigenvalue weighted by molar-refractivity contribution is 7.13. The van der Waals surface area contributed by atoms with E-state index in [0.29, 0.717) is 5.13 Å². The van der Waals surface area contributed by atoms with E-state index in [2.05, 4.69) is 15.3 Å². The fourth-order valence-electron chi connectivity index (χ4n) is 2.83. The summed E-state index contributed by atoms with van der Waals surface area (Å²) in [6.07, 6.45) is -2.98. The molecule has 2 heterocycles. The van der Waals surface area contributed by atoms with Crippen LogP contribution in [0.25, 0.3) is 22.2 Å². The summed E-state index contributed by atoms with van der Waals surface area (Å²) in [7, 11) is 0. The van der Waals surface area contributed by atoms with E-state index in [4.69, 9.17) is 0 Å². The van der Waals surface area contributed by atoms with Crippen molar-refractivity contribution in [3.8, 4) is 11.3 Å². The summed E-state index contributed by atoms with van der Waals surface area (Å²) < 4.78 is 53.3. The lowest BCUT2D eigenvalue weighted by Crippen LogP contribution is -2.13. The molecular formula is C20H11F4N3OS. The molecule has 0 aliphatic heterocycles. The van der Waals surface area contributed by atoms with Gasteiger partial charge in [0.05, 0.1) is 22.3 Å². The van der Waals surface area contributed by atoms with Crippen molar-refractivity contribution in [2.45, 2.75) is 6.18 Å². The Morgan fingerprint density at radius 3 is 2.62 bits per heavy atom. The van der Waals surface area contributed by atoms with Crippen molar-refractivity contribution < 1.29 is 22.4 Å². The average Bonchev–Trinajstić information content (AvgIpc) is 3.20. The number of hydrogen-bond donors (Lipinski definition) is 1. The Kier molecular flexibility index (Phi) is 4.75. The van der Waals surface area contributed by atoms with Gasteiger partial charge >= 0.3 is 6.18 Å². The van der Waals surface area contributed by atoms with Crippen LogP contribution in [-0.4, -0.2) is 15.9 Å². The number of hydrogen-bond acceptors (Lipinski definition) is 4. The van der Waals surface area contributed by atoms with Crippen LogP contribution in [0.3, 0.4) is 0 Å². The number of rotatable bonds is 3. The van der Waals surface area contributed by atoms with Crippen LogP contribution in [0.1, 0.15) is 15.9 Å². The first-order chi connectivity index (χ1) is 13.8. The summed E-state index contributed by atoms with van der Waals surface area (Å²) >= 11 is 1.21. The predicted molar refractivity (Wildman–Crippen MR) is 102 cm³/mol. The molecule has 9 heteroatoms. The van der Waals surface area contributed by atoms with Crippen molar-refractivity contribution in [1.82, 2.24) is 9.97 Å². The van der Waals surface area contributed by atoms with Crippen LogP contribution < -0.4 is 5.32 Å². The lowest BCUT2D eigenvalue weighted by atomic mass is 10.0. The van der Waals surface area contributed by atoms with Gasteiger partial charge in [-0.15, -0.1) is 11.3 Å². The zero-order valence-corrected chi connectivity index (χ0v) is 15.3. The third-order valence-electron chi connectivity index (χ3n) is 4.19. The van der Waals surface area contributed by atoms with Crippen LogP contribution in [0, 0.1) is 5.82 Å². The van der Waals surface area contributed by atoms with Crippen molar-refractivity contribution in [2.75, 3.05) is 5.32 Å². The van der Waals surface area contributed by atoms with Gasteiger partial charge in [0.25, 0.3) is 5.91 Å². The third kappa shape index (κ3) is 3.81. The smallest absolute Gasteiger partial charge is 0.298 e. The van der Waals surface area contributed by atoms with Crippen LogP contribution >= 0.6 is 11.3 Å². The van der Waals surface area contributed by atoms with Crippen molar-refractivity contribution in [2.24, 2.45) is 0 Å². The number of nitrogens with zero attached hydrogens (tertiary/aromatic N) is 2. The summed E-state index contributed by atoms with van der Waals surface area (Å²) in [5.41, 5.74) is -0.285. The highest BCUT2D eigenvalue weighted by Crippen LogP contribution is 2.32. The van der Waals surface area contributed by atoms with Crippen LogP contribution in [0.2, 0.25) is 0 Å². The molecule has 1 amide bonds. The first kappa shape index (κ1) is 19.0. The number of carbonyl (C=O) groups is 1. The van der Waals surface area contributed by atoms with Gasteiger partial charge in [0.1, 0.15) is 5.82 Å². The molecule has 0 saturated heterocycles. The molecule has 0 fully saturated rings. The molecule has 0 aliphatic rings. The molecule has 1 N–H and O–H groups in total. The quantitative estimate of drug-likeness (QED) is 0.431. The van der Waals surface area contributed by atoms with Gasteiger partial charge in [0.15, 0.2) is 5.13 Å². The maximum absolute atomic E-state index is 14.2. The summed E-state index contributed by atoms with van der Waals surface area (Å²) in [5, 5.41) is 4.73. The molecule has 0 bridgehead atoms. The minimum Gasteiger partial charge on any atom is -0.298 e. The van der Waals surface area contributed by atoms with Crippen molar-refractivity contribution >= 4 is 33.3 Å². The second-order valence-electron chi connectivity index (χ2n) is 6.06. The van der Waals surface area contributed by atoms with E-state index in [0.717, 1.165) is 18.2 Å². The largest absolute Gasteiger partial charge is 0.416 e. The maximum Gasteiger partial charge on any atom is 0.416 e. The maximum atomic E-state index is 14.2. The highest BCUT2D eigenvalue weighted by Gasteiger charge is 2.30. The molecular weight excluding hydrogens is 406 g/mol. The standard InChI is InChI=1S/C20H11F4N3OS/c21-15-6-4-14(18(28)27-19-25-8-9-29-19)17-13(15)5-7-16(26-17)11-2-1-3-12(10-11)20(22,23)24/h1-10H,(H,25,27,28). The number of alkyl halides is 3. The number of halogens is 4. The summed E-state index contributed by atoms with van der Waals surface area (Å²) in [6, 6.07) is 9.90. The molecule has 4 rings (SSSR count). The van der Waals surface area contributed by atoms with Gasteiger partial charge in [-0.25, -0.2) is 14.4 Å². The van der Waals surface area contributed by atoms with Gasteiger partial charge in [-0.2, -0.15) is 13.2 Å². The zero-order chi connectivity index (χ0) is 20.6. The SMILES string of the molecule is O=C(Nc1nccs1)c1ccc(F)c2ccc(-c3cccc(C(F)(F)F)c3)nc12. The van der Waals surface area contributed by atoms with Crippen LogP contribution in [0.5, 0.6) is 0 Å². The van der Waals surface area contributed by atoms with Gasteiger partial charge in [0.2, 0.25) is 0 Å². The normalized spacial score (nSPS) is 11.6. The molecule has 4 nitrogen and oxygen atoms in total. The first-order valence-electron chi connectivity index (χ1n) is 8.30. The summed E-state index contributed by atoms with van der Waals surface area (Å²) in [6.45, 7) is 0. The molecule has 0 radical (unpaired) electrons. The van der Waals surface area contributed by atoms with Crippen LogP contribution in [-0.2, 0) is 6.18 Å². The van der Waals surface area contributed by atoms with E-state index < -0.39 is 23.5 Å². The van der Waals surface area contributed by atoms with Crippen molar-refractivity contribution in [1.29, 1.82) is 0 Å². The van der Waals surface area contributed by atoms with Gasteiger partial charge in [0, 0.05) is 22.5 Å². The monoisotopic (exact) mass is 417 g/mol. The Hall–Kier alpha value is -3.33. The lowest BCUT2D eigenvalue weighted by molar-refractivity contribution is -0.137. The molecule has 0 spiro atoms. The second-order valence-corrected chi connectivity index (χ2v) is 6.95. The van der Waals surface area contributed by atoms with E-state index in [1.165, 1.54) is 47.9 Å². The summed E-state index contributed by atoms with van der Waals surface area (Å²) in [4.78, 5) is 20.9. The predicted octanol–water partition coefficient (Wildman–Crippen LogP) is 5.77. The molecule has 29 heavy (non-hydrogen) atoms. The Morgan fingerprint density at radius 1 is 1.07 bits per heavy atom. The number of thiazole rings is 1. The molecule has 2 aromatic heterocycles. The Labute approximate surface area is 165 Å². The third-order valence-corrected chi connectivity index (χ3v) is 4.88. The molecule has 4 aromatic rings.